The van der Waals surface area contributed by atoms with Gasteiger partial charge in [-0.1, -0.05) is 43.9 Å². The second kappa shape index (κ2) is 7.82. The van der Waals surface area contributed by atoms with Crippen LogP contribution in [0.25, 0.3) is 22.0 Å². The molecule has 5 nitrogen and oxygen atoms in total. The zero-order chi connectivity index (χ0) is 18.6. The first-order valence-corrected chi connectivity index (χ1v) is 9.65. The van der Waals surface area contributed by atoms with Gasteiger partial charge < -0.3 is 10.1 Å². The van der Waals surface area contributed by atoms with Gasteiger partial charge in [0.15, 0.2) is 5.82 Å². The lowest BCUT2D eigenvalue weighted by Gasteiger charge is -2.08. The fraction of sp³-hybridized carbons (Fsp3) is 0.364. The zero-order valence-electron chi connectivity index (χ0n) is 15.6. The van der Waals surface area contributed by atoms with E-state index in [0.29, 0.717) is 12.2 Å². The molecule has 0 spiro atoms. The van der Waals surface area contributed by atoms with Gasteiger partial charge in [0.05, 0.1) is 12.6 Å². The van der Waals surface area contributed by atoms with Crippen molar-refractivity contribution in [2.24, 2.45) is 5.92 Å². The summed E-state index contributed by atoms with van der Waals surface area (Å²) in [6.45, 7) is 0. The zero-order valence-corrected chi connectivity index (χ0v) is 15.6. The number of H-pyrrole nitrogens is 1. The largest absolute Gasteiger partial charge is 0.497 e. The summed E-state index contributed by atoms with van der Waals surface area (Å²) in [6, 6.07) is 14.1. The summed E-state index contributed by atoms with van der Waals surface area (Å²) in [5.74, 6) is 2.22. The van der Waals surface area contributed by atoms with Crippen molar-refractivity contribution in [3.05, 3.63) is 42.5 Å². The molecule has 1 aliphatic carbocycles. The lowest BCUT2D eigenvalue weighted by atomic mass is 10.0. The average molecular weight is 363 g/mol. The summed E-state index contributed by atoms with van der Waals surface area (Å²) in [4.78, 5) is 12.3. The van der Waals surface area contributed by atoms with Crippen LogP contribution in [0.15, 0.2) is 42.5 Å². The van der Waals surface area contributed by atoms with Crippen molar-refractivity contribution < 1.29 is 9.53 Å². The summed E-state index contributed by atoms with van der Waals surface area (Å²) in [7, 11) is 1.66. The number of hydrogen-bond acceptors (Lipinski definition) is 3. The monoisotopic (exact) mass is 363 g/mol. The number of methoxy groups -OCH3 is 1. The lowest BCUT2D eigenvalue weighted by Crippen LogP contribution is -2.13. The highest BCUT2D eigenvalue weighted by Crippen LogP contribution is 2.30. The van der Waals surface area contributed by atoms with Gasteiger partial charge in [-0.05, 0) is 47.7 Å². The Balaban J connectivity index is 1.45. The van der Waals surface area contributed by atoms with E-state index in [0.717, 1.165) is 40.1 Å². The van der Waals surface area contributed by atoms with Crippen molar-refractivity contribution in [2.45, 2.75) is 38.5 Å². The van der Waals surface area contributed by atoms with Crippen LogP contribution in [0.3, 0.4) is 0 Å². The Labute approximate surface area is 159 Å². The van der Waals surface area contributed by atoms with E-state index >= 15 is 0 Å². The minimum absolute atomic E-state index is 0.0505. The van der Waals surface area contributed by atoms with Gasteiger partial charge in [-0.15, -0.1) is 0 Å². The fourth-order valence-corrected chi connectivity index (χ4v) is 3.91. The topological polar surface area (TPSA) is 67.0 Å². The number of carbonyl (C=O) groups is 1. The third-order valence-electron chi connectivity index (χ3n) is 5.50. The third kappa shape index (κ3) is 3.97. The number of fused-ring (bicyclic) bond motifs is 1. The number of carbonyl (C=O) groups excluding carboxylic acids is 1. The molecule has 3 aromatic rings. The minimum atomic E-state index is 0.0505. The highest BCUT2D eigenvalue weighted by atomic mass is 16.5. The molecule has 0 atom stereocenters. The first-order chi connectivity index (χ1) is 13.2. The third-order valence-corrected chi connectivity index (χ3v) is 5.50. The fourth-order valence-electron chi connectivity index (χ4n) is 3.91. The van der Waals surface area contributed by atoms with Crippen LogP contribution in [-0.4, -0.2) is 23.2 Å². The molecule has 0 radical (unpaired) electrons. The molecule has 1 aromatic heterocycles. The Bertz CT molecular complexity index is 924. The number of aromatic amines is 1. The van der Waals surface area contributed by atoms with Crippen LogP contribution in [0.5, 0.6) is 5.75 Å². The molecule has 2 N–H and O–H groups in total. The summed E-state index contributed by atoms with van der Waals surface area (Å²) in [6.07, 6.45) is 6.72. The average Bonchev–Trinajstić information content (AvgIpc) is 3.36. The Kier molecular flexibility index (Phi) is 5.10. The van der Waals surface area contributed by atoms with Gasteiger partial charge in [0.2, 0.25) is 5.91 Å². The lowest BCUT2D eigenvalue weighted by molar-refractivity contribution is -0.116. The Hall–Kier alpha value is -2.82. The molecule has 1 heterocycles. The molecule has 2 aromatic carbocycles. The molecule has 0 unspecified atom stereocenters. The number of aromatic nitrogens is 2. The van der Waals surface area contributed by atoms with Crippen LogP contribution >= 0.6 is 0 Å². The van der Waals surface area contributed by atoms with Crippen molar-refractivity contribution in [1.82, 2.24) is 10.2 Å². The Morgan fingerprint density at radius 1 is 1.15 bits per heavy atom. The normalized spacial score (nSPS) is 14.6. The van der Waals surface area contributed by atoms with E-state index in [-0.39, 0.29) is 5.91 Å². The number of nitrogens with one attached hydrogen (secondary N) is 2. The van der Waals surface area contributed by atoms with Gasteiger partial charge in [-0.3, -0.25) is 9.89 Å². The van der Waals surface area contributed by atoms with E-state index in [4.69, 9.17) is 4.74 Å². The van der Waals surface area contributed by atoms with Crippen molar-refractivity contribution in [2.75, 3.05) is 12.4 Å². The standard InChI is InChI=1S/C22H25N3O2/c1-27-18-10-7-16(8-11-18)17-9-12-19-20(14-17)24-25-22(19)23-21(26)13-6-15-4-2-3-5-15/h7-12,14-15H,2-6,13H2,1H3,(H2,23,24,25,26). The quantitative estimate of drug-likeness (QED) is 0.636. The van der Waals surface area contributed by atoms with Crippen molar-refractivity contribution in [1.29, 1.82) is 0 Å². The van der Waals surface area contributed by atoms with E-state index < -0.39 is 0 Å². The van der Waals surface area contributed by atoms with Crippen LogP contribution in [-0.2, 0) is 4.79 Å². The molecule has 0 saturated heterocycles. The van der Waals surface area contributed by atoms with E-state index in [1.807, 2.05) is 36.4 Å². The Morgan fingerprint density at radius 3 is 2.63 bits per heavy atom. The minimum Gasteiger partial charge on any atom is -0.497 e. The molecule has 0 bridgehead atoms. The summed E-state index contributed by atoms with van der Waals surface area (Å²) < 4.78 is 5.21. The van der Waals surface area contributed by atoms with Gasteiger partial charge in [0.25, 0.3) is 0 Å². The second-order valence-electron chi connectivity index (χ2n) is 7.30. The molecule has 4 rings (SSSR count). The summed E-state index contributed by atoms with van der Waals surface area (Å²) >= 11 is 0. The highest BCUT2D eigenvalue weighted by Gasteiger charge is 2.17. The molecule has 1 fully saturated rings. The van der Waals surface area contributed by atoms with Crippen LogP contribution in [0.1, 0.15) is 38.5 Å². The number of hydrogen-bond donors (Lipinski definition) is 2. The predicted octanol–water partition coefficient (Wildman–Crippen LogP) is 5.15. The van der Waals surface area contributed by atoms with Crippen LogP contribution in [0.2, 0.25) is 0 Å². The van der Waals surface area contributed by atoms with Gasteiger partial charge in [-0.2, -0.15) is 5.10 Å². The molecule has 1 saturated carbocycles. The maximum absolute atomic E-state index is 12.3. The van der Waals surface area contributed by atoms with Crippen LogP contribution in [0.4, 0.5) is 5.82 Å². The number of anilines is 1. The molecule has 27 heavy (non-hydrogen) atoms. The molecule has 1 amide bonds. The van der Waals surface area contributed by atoms with Crippen molar-refractivity contribution >= 4 is 22.6 Å². The second-order valence-corrected chi connectivity index (χ2v) is 7.30. The van der Waals surface area contributed by atoms with E-state index in [2.05, 4.69) is 21.6 Å². The highest BCUT2D eigenvalue weighted by molar-refractivity contribution is 6.00. The van der Waals surface area contributed by atoms with Gasteiger partial charge in [0.1, 0.15) is 5.75 Å². The number of ether oxygens (including phenoxy) is 1. The van der Waals surface area contributed by atoms with Gasteiger partial charge in [0, 0.05) is 11.8 Å². The maximum Gasteiger partial charge on any atom is 0.225 e. The SMILES string of the molecule is COc1ccc(-c2ccc3c(NC(=O)CCC4CCCC4)n[nH]c3c2)cc1. The molecular weight excluding hydrogens is 338 g/mol. The summed E-state index contributed by atoms with van der Waals surface area (Å²) in [5.41, 5.74) is 3.11. The molecule has 0 aliphatic heterocycles. The summed E-state index contributed by atoms with van der Waals surface area (Å²) in [5, 5.41) is 11.2. The van der Waals surface area contributed by atoms with E-state index in [1.54, 1.807) is 7.11 Å². The molecular formula is C22H25N3O2. The smallest absolute Gasteiger partial charge is 0.225 e. The van der Waals surface area contributed by atoms with Crippen molar-refractivity contribution in [3.63, 3.8) is 0 Å². The predicted molar refractivity (Wildman–Crippen MR) is 108 cm³/mol. The van der Waals surface area contributed by atoms with Crippen LogP contribution in [0, 0.1) is 5.92 Å². The molecule has 5 heteroatoms. The number of rotatable bonds is 6. The number of benzene rings is 2. The number of amides is 1. The Morgan fingerprint density at radius 2 is 1.89 bits per heavy atom. The molecule has 140 valence electrons. The van der Waals surface area contributed by atoms with Gasteiger partial charge >= 0.3 is 0 Å². The maximum atomic E-state index is 12.3. The first-order valence-electron chi connectivity index (χ1n) is 9.65. The van der Waals surface area contributed by atoms with E-state index in [1.165, 1.54) is 25.7 Å². The number of nitrogens with zero attached hydrogens (tertiary/aromatic N) is 1. The van der Waals surface area contributed by atoms with Gasteiger partial charge in [-0.25, -0.2) is 0 Å². The van der Waals surface area contributed by atoms with E-state index in [9.17, 15) is 4.79 Å². The molecule has 1 aliphatic rings. The first kappa shape index (κ1) is 17.6. The van der Waals surface area contributed by atoms with Crippen LogP contribution < -0.4 is 10.1 Å². The van der Waals surface area contributed by atoms with Crippen molar-refractivity contribution in [3.8, 4) is 16.9 Å².